The normalized spacial score (nSPS) is 14.9. The minimum atomic E-state index is -3.95. The first-order chi connectivity index (χ1) is 17.1. The molecule has 1 aromatic heterocycles. The third-order valence-electron chi connectivity index (χ3n) is 6.87. The molecule has 1 fully saturated rings. The number of carbonyl (C=O) groups excluding carboxylic acids is 1. The van der Waals surface area contributed by atoms with Crippen molar-refractivity contribution in [3.05, 3.63) is 70.9 Å². The summed E-state index contributed by atoms with van der Waals surface area (Å²) in [6, 6.07) is 13.8. The van der Waals surface area contributed by atoms with Crippen molar-refractivity contribution in [3.8, 4) is 0 Å². The quantitative estimate of drug-likeness (QED) is 0.510. The number of amides is 1. The molecule has 0 saturated carbocycles. The van der Waals surface area contributed by atoms with Crippen LogP contribution in [0.15, 0.2) is 53.7 Å². The van der Waals surface area contributed by atoms with Gasteiger partial charge in [0.15, 0.2) is 0 Å². The first kappa shape index (κ1) is 25.9. The second-order valence-corrected chi connectivity index (χ2v) is 11.4. The fraction of sp³-hybridized carbons (Fsp3) is 0.407. The molecule has 0 bridgehead atoms. The lowest BCUT2D eigenvalue weighted by molar-refractivity contribution is 0.102. The molecule has 0 radical (unpaired) electrons. The third-order valence-corrected chi connectivity index (χ3v) is 8.71. The molecule has 2 aromatic carbocycles. The molecular formula is C27H35N5O3S. The molecule has 2 heterocycles. The van der Waals surface area contributed by atoms with E-state index in [0.29, 0.717) is 44.3 Å². The van der Waals surface area contributed by atoms with E-state index in [2.05, 4.69) is 55.1 Å². The Morgan fingerprint density at radius 3 is 2.31 bits per heavy atom. The Bertz CT molecular complexity index is 1340. The van der Waals surface area contributed by atoms with Crippen LogP contribution in [-0.4, -0.2) is 54.6 Å². The summed E-state index contributed by atoms with van der Waals surface area (Å²) in [7, 11) is -3.95. The summed E-state index contributed by atoms with van der Waals surface area (Å²) in [4.78, 5) is 15.4. The van der Waals surface area contributed by atoms with E-state index in [0.717, 1.165) is 11.3 Å². The SMILES string of the molecule is CCn1cc(C(=O)Nc2ccc(C(C)C)cc2)c(S(=O)(=O)N2CCN(c3cccc(C)c3C)CC2)n1. The highest BCUT2D eigenvalue weighted by Crippen LogP contribution is 2.27. The number of hydrogen-bond donors (Lipinski definition) is 1. The van der Waals surface area contributed by atoms with Crippen molar-refractivity contribution in [2.75, 3.05) is 36.4 Å². The molecule has 1 N–H and O–H groups in total. The summed E-state index contributed by atoms with van der Waals surface area (Å²) in [6.45, 7) is 12.5. The summed E-state index contributed by atoms with van der Waals surface area (Å²) >= 11 is 0. The van der Waals surface area contributed by atoms with E-state index in [4.69, 9.17) is 0 Å². The molecule has 1 amide bonds. The van der Waals surface area contributed by atoms with Gasteiger partial charge >= 0.3 is 0 Å². The highest BCUT2D eigenvalue weighted by Gasteiger charge is 2.35. The van der Waals surface area contributed by atoms with Gasteiger partial charge in [-0.1, -0.05) is 38.1 Å². The van der Waals surface area contributed by atoms with Gasteiger partial charge in [-0.15, -0.1) is 0 Å². The molecule has 4 rings (SSSR count). The van der Waals surface area contributed by atoms with Crippen LogP contribution in [0.25, 0.3) is 0 Å². The highest BCUT2D eigenvalue weighted by molar-refractivity contribution is 7.89. The predicted octanol–water partition coefficient (Wildman–Crippen LogP) is 4.41. The van der Waals surface area contributed by atoms with E-state index in [9.17, 15) is 13.2 Å². The maximum Gasteiger partial charge on any atom is 0.263 e. The van der Waals surface area contributed by atoms with Gasteiger partial charge in [-0.2, -0.15) is 9.40 Å². The van der Waals surface area contributed by atoms with Crippen LogP contribution in [0.4, 0.5) is 11.4 Å². The first-order valence-electron chi connectivity index (χ1n) is 12.4. The summed E-state index contributed by atoms with van der Waals surface area (Å²) < 4.78 is 30.2. The van der Waals surface area contributed by atoms with E-state index in [1.807, 2.05) is 37.3 Å². The van der Waals surface area contributed by atoms with Gasteiger partial charge in [0.25, 0.3) is 15.9 Å². The monoisotopic (exact) mass is 509 g/mol. The number of aromatic nitrogens is 2. The second kappa shape index (κ2) is 10.4. The van der Waals surface area contributed by atoms with E-state index >= 15 is 0 Å². The van der Waals surface area contributed by atoms with Crippen molar-refractivity contribution in [3.63, 3.8) is 0 Å². The Kier molecular flexibility index (Phi) is 7.51. The zero-order chi connectivity index (χ0) is 26.0. The van der Waals surface area contributed by atoms with E-state index in [-0.39, 0.29) is 10.6 Å². The van der Waals surface area contributed by atoms with Crippen molar-refractivity contribution >= 4 is 27.3 Å². The number of nitrogens with zero attached hydrogens (tertiary/aromatic N) is 4. The van der Waals surface area contributed by atoms with Gasteiger partial charge in [-0.3, -0.25) is 9.48 Å². The molecule has 1 aliphatic rings. The van der Waals surface area contributed by atoms with Crippen molar-refractivity contribution in [2.24, 2.45) is 0 Å². The maximum absolute atomic E-state index is 13.6. The van der Waals surface area contributed by atoms with Gasteiger partial charge in [0.05, 0.1) is 5.56 Å². The number of anilines is 2. The van der Waals surface area contributed by atoms with E-state index in [1.165, 1.54) is 26.3 Å². The average Bonchev–Trinajstić information content (AvgIpc) is 3.32. The Morgan fingerprint density at radius 2 is 1.69 bits per heavy atom. The largest absolute Gasteiger partial charge is 0.369 e. The molecule has 0 aliphatic carbocycles. The minimum Gasteiger partial charge on any atom is -0.369 e. The molecule has 192 valence electrons. The number of sulfonamides is 1. The fourth-order valence-corrected chi connectivity index (χ4v) is 5.95. The number of nitrogens with one attached hydrogen (secondary N) is 1. The van der Waals surface area contributed by atoms with E-state index in [1.54, 1.807) is 0 Å². The number of benzene rings is 2. The van der Waals surface area contributed by atoms with Crippen molar-refractivity contribution in [2.45, 2.75) is 52.1 Å². The topological polar surface area (TPSA) is 87.5 Å². The van der Waals surface area contributed by atoms with Gasteiger partial charge in [0.1, 0.15) is 0 Å². The lowest BCUT2D eigenvalue weighted by Crippen LogP contribution is -2.49. The summed E-state index contributed by atoms with van der Waals surface area (Å²) in [5.74, 6) is -0.107. The molecule has 0 atom stereocenters. The zero-order valence-corrected chi connectivity index (χ0v) is 22.5. The zero-order valence-electron chi connectivity index (χ0n) is 21.7. The number of piperazine rings is 1. The molecule has 3 aromatic rings. The van der Waals surface area contributed by atoms with Gasteiger partial charge in [0, 0.05) is 50.3 Å². The molecule has 36 heavy (non-hydrogen) atoms. The van der Waals surface area contributed by atoms with Crippen LogP contribution >= 0.6 is 0 Å². The maximum atomic E-state index is 13.6. The Balaban J connectivity index is 1.54. The van der Waals surface area contributed by atoms with Gasteiger partial charge < -0.3 is 10.2 Å². The molecule has 0 spiro atoms. The molecule has 1 saturated heterocycles. The van der Waals surface area contributed by atoms with Crippen LogP contribution in [-0.2, 0) is 16.6 Å². The number of rotatable bonds is 7. The van der Waals surface area contributed by atoms with E-state index < -0.39 is 15.9 Å². The molecule has 8 nitrogen and oxygen atoms in total. The van der Waals surface area contributed by atoms with Crippen LogP contribution in [0.2, 0.25) is 0 Å². The molecule has 9 heteroatoms. The van der Waals surface area contributed by atoms with Crippen LogP contribution < -0.4 is 10.2 Å². The van der Waals surface area contributed by atoms with Crippen LogP contribution in [0, 0.1) is 13.8 Å². The van der Waals surface area contributed by atoms with Gasteiger partial charge in [0.2, 0.25) is 5.03 Å². The Morgan fingerprint density at radius 1 is 1.03 bits per heavy atom. The van der Waals surface area contributed by atoms with Gasteiger partial charge in [-0.25, -0.2) is 8.42 Å². The third kappa shape index (κ3) is 5.17. The predicted molar refractivity (Wildman–Crippen MR) is 143 cm³/mol. The summed E-state index contributed by atoms with van der Waals surface area (Å²) in [5.41, 5.74) is 5.37. The smallest absolute Gasteiger partial charge is 0.263 e. The van der Waals surface area contributed by atoms with Crippen LogP contribution in [0.5, 0.6) is 0 Å². The van der Waals surface area contributed by atoms with Gasteiger partial charge in [-0.05, 0) is 61.6 Å². The average molecular weight is 510 g/mol. The standard InChI is InChI=1S/C27H35N5O3S/c1-6-31-18-24(26(33)28-23-12-10-22(11-13-23)19(2)3)27(29-31)36(34,35)32-16-14-30(15-17-32)25-9-7-8-20(4)21(25)5/h7-13,18-19H,6,14-17H2,1-5H3,(H,28,33). The van der Waals surface area contributed by atoms with Crippen LogP contribution in [0.3, 0.4) is 0 Å². The number of hydrogen-bond acceptors (Lipinski definition) is 5. The summed E-state index contributed by atoms with van der Waals surface area (Å²) in [6.07, 6.45) is 1.51. The lowest BCUT2D eigenvalue weighted by atomic mass is 10.0. The molecule has 1 aliphatic heterocycles. The molecular weight excluding hydrogens is 474 g/mol. The number of aryl methyl sites for hydroxylation is 2. The van der Waals surface area contributed by atoms with Crippen molar-refractivity contribution in [1.82, 2.24) is 14.1 Å². The Labute approximate surface area is 214 Å². The highest BCUT2D eigenvalue weighted by atomic mass is 32.2. The molecule has 0 unspecified atom stereocenters. The second-order valence-electron chi connectivity index (χ2n) is 9.54. The fourth-order valence-electron chi connectivity index (χ4n) is 4.43. The lowest BCUT2D eigenvalue weighted by Gasteiger charge is -2.36. The number of carbonyl (C=O) groups is 1. The Hall–Kier alpha value is -3.17. The van der Waals surface area contributed by atoms with Crippen LogP contribution in [0.1, 0.15) is 53.7 Å². The van der Waals surface area contributed by atoms with Crippen molar-refractivity contribution < 1.29 is 13.2 Å². The summed E-state index contributed by atoms with van der Waals surface area (Å²) in [5, 5.41) is 6.93. The van der Waals surface area contributed by atoms with Crippen molar-refractivity contribution in [1.29, 1.82) is 0 Å². The first-order valence-corrected chi connectivity index (χ1v) is 13.9. The minimum absolute atomic E-state index is 0.0572.